The minimum Gasteiger partial charge on any atom is -0.396 e. The predicted octanol–water partition coefficient (Wildman–Crippen LogP) is 2.03. The lowest BCUT2D eigenvalue weighted by atomic mass is 9.46. The van der Waals surface area contributed by atoms with E-state index in [2.05, 4.69) is 32.1 Å². The van der Waals surface area contributed by atoms with Gasteiger partial charge < -0.3 is 20.4 Å². The van der Waals surface area contributed by atoms with Gasteiger partial charge in [-0.2, -0.15) is 0 Å². The summed E-state index contributed by atoms with van der Waals surface area (Å²) in [7, 11) is 0. The minimum atomic E-state index is -0.746. The molecule has 136 valence electrons. The summed E-state index contributed by atoms with van der Waals surface area (Å²) < 4.78 is 0. The third kappa shape index (κ3) is 2.59. The van der Waals surface area contributed by atoms with Crippen molar-refractivity contribution in [2.24, 2.45) is 28.1 Å². The summed E-state index contributed by atoms with van der Waals surface area (Å²) >= 11 is 0. The maximum Gasteiger partial charge on any atom is 0.0858 e. The molecule has 24 heavy (non-hydrogen) atoms. The summed E-state index contributed by atoms with van der Waals surface area (Å²) in [5, 5.41) is 40.0. The van der Waals surface area contributed by atoms with E-state index in [1.54, 1.807) is 0 Å². The number of allylic oxidation sites excluding steroid dienone is 3. The van der Waals surface area contributed by atoms with E-state index < -0.39 is 11.5 Å². The van der Waals surface area contributed by atoms with Gasteiger partial charge in [-0.15, -0.1) is 0 Å². The van der Waals surface area contributed by atoms with Crippen LogP contribution >= 0.6 is 0 Å². The van der Waals surface area contributed by atoms with E-state index >= 15 is 0 Å². The molecule has 1 saturated carbocycles. The third-order valence-electron chi connectivity index (χ3n) is 7.28. The van der Waals surface area contributed by atoms with Crippen LogP contribution in [-0.4, -0.2) is 45.8 Å². The monoisotopic (exact) mass is 336 g/mol. The first-order valence-electron chi connectivity index (χ1n) is 9.17. The van der Waals surface area contributed by atoms with E-state index in [4.69, 9.17) is 0 Å². The molecule has 0 aromatic carbocycles. The molecule has 0 aromatic rings. The van der Waals surface area contributed by atoms with Gasteiger partial charge in [0.15, 0.2) is 0 Å². The average Bonchev–Trinajstić information content (AvgIpc) is 2.52. The van der Waals surface area contributed by atoms with Crippen molar-refractivity contribution in [3.05, 3.63) is 23.8 Å². The Labute approximate surface area is 144 Å². The van der Waals surface area contributed by atoms with Crippen molar-refractivity contribution in [3.63, 3.8) is 0 Å². The molecule has 4 nitrogen and oxygen atoms in total. The topological polar surface area (TPSA) is 80.9 Å². The van der Waals surface area contributed by atoms with Crippen molar-refractivity contribution in [1.82, 2.24) is 0 Å². The Kier molecular flexibility index (Phi) is 4.49. The first kappa shape index (κ1) is 18.1. The van der Waals surface area contributed by atoms with Crippen LogP contribution in [-0.2, 0) is 0 Å². The highest BCUT2D eigenvalue weighted by atomic mass is 16.3. The van der Waals surface area contributed by atoms with Crippen molar-refractivity contribution in [1.29, 1.82) is 0 Å². The maximum atomic E-state index is 10.5. The highest BCUT2D eigenvalue weighted by Gasteiger charge is 2.56. The molecule has 0 aliphatic heterocycles. The van der Waals surface area contributed by atoms with E-state index in [1.807, 2.05) is 6.92 Å². The van der Waals surface area contributed by atoms with Crippen LogP contribution in [0.4, 0.5) is 0 Å². The van der Waals surface area contributed by atoms with Crippen molar-refractivity contribution in [2.45, 2.75) is 58.7 Å². The summed E-state index contributed by atoms with van der Waals surface area (Å²) in [6, 6.07) is 0. The lowest BCUT2D eigenvalue weighted by molar-refractivity contribution is -0.104. The fourth-order valence-electron chi connectivity index (χ4n) is 5.87. The van der Waals surface area contributed by atoms with Gasteiger partial charge in [-0.25, -0.2) is 0 Å². The van der Waals surface area contributed by atoms with Crippen LogP contribution in [0.15, 0.2) is 23.8 Å². The molecule has 3 rings (SSSR count). The summed E-state index contributed by atoms with van der Waals surface area (Å²) in [5.41, 5.74) is 0.437. The minimum absolute atomic E-state index is 0.0821. The first-order valence-corrected chi connectivity index (χ1v) is 9.17. The van der Waals surface area contributed by atoms with Gasteiger partial charge in [0, 0.05) is 12.0 Å². The SMILES string of the molecule is C[C@@]1(CO)C[C@@H](O)C[C@@]2(C)[C@@H]3CC[C@](C)([C@@H](O)CO)C=C3C=C[C@H]12. The number of hydrogen-bond acceptors (Lipinski definition) is 4. The zero-order valence-electron chi connectivity index (χ0n) is 15.1. The molecular formula is C20H32O4. The van der Waals surface area contributed by atoms with Gasteiger partial charge in [0.05, 0.1) is 18.8 Å². The molecule has 0 spiro atoms. The van der Waals surface area contributed by atoms with Crippen molar-refractivity contribution in [2.75, 3.05) is 13.2 Å². The maximum absolute atomic E-state index is 10.5. The molecule has 4 heteroatoms. The van der Waals surface area contributed by atoms with Gasteiger partial charge in [0.25, 0.3) is 0 Å². The molecule has 0 saturated heterocycles. The predicted molar refractivity (Wildman–Crippen MR) is 93.2 cm³/mol. The zero-order chi connectivity index (χ0) is 17.8. The normalized spacial score (nSPS) is 49.1. The molecule has 0 bridgehead atoms. The molecule has 0 amide bonds. The summed E-state index contributed by atoms with van der Waals surface area (Å²) in [4.78, 5) is 0. The fraction of sp³-hybridized carbons (Fsp3) is 0.800. The second-order valence-corrected chi connectivity index (χ2v) is 9.16. The smallest absolute Gasteiger partial charge is 0.0858 e. The Bertz CT molecular complexity index is 556. The Balaban J connectivity index is 2.02. The zero-order valence-corrected chi connectivity index (χ0v) is 15.1. The second-order valence-electron chi connectivity index (χ2n) is 9.16. The largest absolute Gasteiger partial charge is 0.396 e. The number of hydrogen-bond donors (Lipinski definition) is 4. The van der Waals surface area contributed by atoms with Crippen LogP contribution in [0.2, 0.25) is 0 Å². The standard InChI is InChI=1S/C20H32O4/c1-18(17(24)11-21)7-6-15-13(8-18)4-5-16-19(2,12-22)9-14(23)10-20(15,16)3/h4-5,8,14-17,21-24H,6-7,9-12H2,1-3H3/t14-,15-,16-,17+,18+,19+,20+/m1/s1. The summed E-state index contributed by atoms with van der Waals surface area (Å²) in [6.45, 7) is 6.20. The van der Waals surface area contributed by atoms with Gasteiger partial charge in [-0.05, 0) is 53.9 Å². The average molecular weight is 336 g/mol. The summed E-state index contributed by atoms with van der Waals surface area (Å²) in [6.07, 6.45) is 8.52. The fourth-order valence-corrected chi connectivity index (χ4v) is 5.87. The molecule has 3 aliphatic rings. The van der Waals surface area contributed by atoms with Crippen molar-refractivity contribution < 1.29 is 20.4 Å². The van der Waals surface area contributed by atoms with Gasteiger partial charge in [-0.3, -0.25) is 0 Å². The van der Waals surface area contributed by atoms with Gasteiger partial charge in [0.1, 0.15) is 0 Å². The van der Waals surface area contributed by atoms with E-state index in [-0.39, 0.29) is 36.1 Å². The van der Waals surface area contributed by atoms with Gasteiger partial charge >= 0.3 is 0 Å². The molecular weight excluding hydrogens is 304 g/mol. The Hall–Kier alpha value is -0.680. The lowest BCUT2D eigenvalue weighted by Crippen LogP contribution is -2.55. The van der Waals surface area contributed by atoms with Gasteiger partial charge in [-0.1, -0.05) is 39.0 Å². The van der Waals surface area contributed by atoms with Crippen LogP contribution in [0.3, 0.4) is 0 Å². The van der Waals surface area contributed by atoms with E-state index in [0.29, 0.717) is 12.3 Å². The molecule has 3 aliphatic carbocycles. The van der Waals surface area contributed by atoms with Crippen molar-refractivity contribution >= 4 is 0 Å². The highest BCUT2D eigenvalue weighted by molar-refractivity contribution is 5.36. The second kappa shape index (κ2) is 5.94. The van der Waals surface area contributed by atoms with Crippen LogP contribution in [0.1, 0.15) is 46.5 Å². The van der Waals surface area contributed by atoms with Crippen LogP contribution < -0.4 is 0 Å². The van der Waals surface area contributed by atoms with Crippen LogP contribution in [0.25, 0.3) is 0 Å². The van der Waals surface area contributed by atoms with Crippen molar-refractivity contribution in [3.8, 4) is 0 Å². The van der Waals surface area contributed by atoms with Crippen LogP contribution in [0.5, 0.6) is 0 Å². The van der Waals surface area contributed by atoms with Gasteiger partial charge in [0.2, 0.25) is 0 Å². The molecule has 0 aromatic heterocycles. The molecule has 7 atom stereocenters. The Morgan fingerprint density at radius 2 is 1.92 bits per heavy atom. The van der Waals surface area contributed by atoms with E-state index in [9.17, 15) is 20.4 Å². The quantitative estimate of drug-likeness (QED) is 0.636. The van der Waals surface area contributed by atoms with Crippen LogP contribution in [0, 0.1) is 28.1 Å². The number of aliphatic hydroxyl groups is 4. The number of fused-ring (bicyclic) bond motifs is 3. The Morgan fingerprint density at radius 3 is 2.54 bits per heavy atom. The third-order valence-corrected chi connectivity index (χ3v) is 7.28. The van der Waals surface area contributed by atoms with E-state index in [0.717, 1.165) is 19.3 Å². The highest BCUT2D eigenvalue weighted by Crippen LogP contribution is 2.61. The molecule has 4 N–H and O–H groups in total. The molecule has 0 heterocycles. The number of rotatable bonds is 3. The number of aliphatic hydroxyl groups excluding tert-OH is 4. The lowest BCUT2D eigenvalue weighted by Gasteiger charge is -2.59. The Morgan fingerprint density at radius 1 is 1.21 bits per heavy atom. The molecule has 0 unspecified atom stereocenters. The summed E-state index contributed by atoms with van der Waals surface area (Å²) in [5.74, 6) is 0.569. The first-order chi connectivity index (χ1) is 11.2. The molecule has 1 fully saturated rings. The van der Waals surface area contributed by atoms with E-state index in [1.165, 1.54) is 5.57 Å². The molecule has 0 radical (unpaired) electrons.